The van der Waals surface area contributed by atoms with Gasteiger partial charge in [0.1, 0.15) is 24.0 Å². The number of ether oxygens (including phenoxy) is 3. The molecule has 172 valence electrons. The quantitative estimate of drug-likeness (QED) is 0.401. The second-order valence-corrected chi connectivity index (χ2v) is 8.20. The van der Waals surface area contributed by atoms with Gasteiger partial charge in [0.05, 0.1) is 6.61 Å². The third kappa shape index (κ3) is 8.60. The lowest BCUT2D eigenvalue weighted by Crippen LogP contribution is -2.45. The molecule has 0 unspecified atom stereocenters. The summed E-state index contributed by atoms with van der Waals surface area (Å²) in [5.74, 6) is 0.0999. The third-order valence-corrected chi connectivity index (χ3v) is 4.31. The summed E-state index contributed by atoms with van der Waals surface area (Å²) in [6, 6.07) is 13.1. The molecule has 0 fully saturated rings. The van der Waals surface area contributed by atoms with Crippen LogP contribution in [-0.4, -0.2) is 47.5 Å². The van der Waals surface area contributed by atoms with Crippen LogP contribution in [0.4, 0.5) is 4.79 Å². The van der Waals surface area contributed by atoms with E-state index in [0.717, 1.165) is 11.1 Å². The summed E-state index contributed by atoms with van der Waals surface area (Å²) in [5, 5.41) is 20.9. The number of benzene rings is 2. The summed E-state index contributed by atoms with van der Waals surface area (Å²) in [5.41, 5.74) is 1.42. The first-order valence-corrected chi connectivity index (χ1v) is 10.4. The van der Waals surface area contributed by atoms with Crippen molar-refractivity contribution in [2.45, 2.75) is 52.4 Å². The lowest BCUT2D eigenvalue weighted by Gasteiger charge is -2.23. The Hall–Kier alpha value is -3.04. The maximum atomic E-state index is 12.3. The molecule has 0 aliphatic heterocycles. The van der Waals surface area contributed by atoms with Crippen molar-refractivity contribution in [1.82, 2.24) is 5.32 Å². The van der Waals surface area contributed by atoms with Crippen LogP contribution in [0.5, 0.6) is 5.75 Å². The fraction of sp³-hybridized carbons (Fsp3) is 0.391. The van der Waals surface area contributed by atoms with Gasteiger partial charge in [0.2, 0.25) is 0 Å². The fourth-order valence-electron chi connectivity index (χ4n) is 2.80. The number of rotatable bonds is 9. The monoisotopic (exact) mass is 443 g/mol. The Morgan fingerprint density at radius 3 is 2.12 bits per heavy atom. The van der Waals surface area contributed by atoms with E-state index in [2.05, 4.69) is 5.32 Å². The molecule has 0 saturated heterocycles. The minimum absolute atomic E-state index is 0.205. The fourth-order valence-corrected chi connectivity index (χ4v) is 2.80. The Kier molecular flexibility index (Phi) is 9.10. The maximum absolute atomic E-state index is 12.3. The van der Waals surface area contributed by atoms with Gasteiger partial charge in [0.25, 0.3) is 0 Å². The van der Waals surface area contributed by atoms with Gasteiger partial charge in [-0.15, -0.1) is 0 Å². The third-order valence-electron chi connectivity index (χ3n) is 4.31. The molecule has 0 aliphatic rings. The van der Waals surface area contributed by atoms with Crippen LogP contribution in [0.1, 0.15) is 38.8 Å². The van der Waals surface area contributed by atoms with Gasteiger partial charge in [0.15, 0.2) is 0 Å². The number of alkyl carbamates (subject to hydrolysis) is 1. The van der Waals surface area contributed by atoms with Crippen LogP contribution >= 0.6 is 0 Å². The molecule has 1 amide bonds. The van der Waals surface area contributed by atoms with Crippen molar-refractivity contribution in [1.29, 1.82) is 0 Å². The SMILES string of the molecule is CCOC(=O)[C@H](Cc1ccc(OCc2ccc(B(O)O)cc2)cc1)NC(=O)OC(C)(C)C. The summed E-state index contributed by atoms with van der Waals surface area (Å²) < 4.78 is 16.1. The van der Waals surface area contributed by atoms with E-state index in [4.69, 9.17) is 24.3 Å². The normalized spacial score (nSPS) is 11.9. The van der Waals surface area contributed by atoms with Crippen LogP contribution < -0.4 is 15.5 Å². The van der Waals surface area contributed by atoms with Gasteiger partial charge in [-0.1, -0.05) is 36.4 Å². The van der Waals surface area contributed by atoms with Gasteiger partial charge in [-0.3, -0.25) is 0 Å². The summed E-state index contributed by atoms with van der Waals surface area (Å²) in [4.78, 5) is 24.4. The van der Waals surface area contributed by atoms with Gasteiger partial charge < -0.3 is 29.6 Å². The molecule has 2 aromatic carbocycles. The molecule has 1 atom stereocenters. The maximum Gasteiger partial charge on any atom is 0.488 e. The topological polar surface area (TPSA) is 114 Å². The Labute approximate surface area is 188 Å². The molecule has 0 aliphatic carbocycles. The summed E-state index contributed by atoms with van der Waals surface area (Å²) >= 11 is 0. The first-order chi connectivity index (χ1) is 15.1. The van der Waals surface area contributed by atoms with Crippen molar-refractivity contribution >= 4 is 24.6 Å². The van der Waals surface area contributed by atoms with Gasteiger partial charge in [0, 0.05) is 6.42 Å². The highest BCUT2D eigenvalue weighted by atomic mass is 16.6. The molecule has 9 heteroatoms. The minimum Gasteiger partial charge on any atom is -0.489 e. The lowest BCUT2D eigenvalue weighted by atomic mass is 9.80. The number of hydrogen-bond acceptors (Lipinski definition) is 7. The second-order valence-electron chi connectivity index (χ2n) is 8.20. The van der Waals surface area contributed by atoms with Crippen LogP contribution in [0.2, 0.25) is 0 Å². The predicted molar refractivity (Wildman–Crippen MR) is 121 cm³/mol. The largest absolute Gasteiger partial charge is 0.489 e. The summed E-state index contributed by atoms with van der Waals surface area (Å²) in [6.07, 6.45) is -0.446. The van der Waals surface area contributed by atoms with E-state index in [0.29, 0.717) is 17.8 Å². The molecule has 8 nitrogen and oxygen atoms in total. The first kappa shape index (κ1) is 25.2. The number of amides is 1. The molecule has 0 spiro atoms. The first-order valence-electron chi connectivity index (χ1n) is 10.4. The van der Waals surface area contributed by atoms with Crippen molar-refractivity contribution in [3.63, 3.8) is 0 Å². The van der Waals surface area contributed by atoms with E-state index >= 15 is 0 Å². The van der Waals surface area contributed by atoms with E-state index in [1.807, 2.05) is 12.1 Å². The zero-order valence-electron chi connectivity index (χ0n) is 18.8. The van der Waals surface area contributed by atoms with Crippen LogP contribution in [0.3, 0.4) is 0 Å². The molecule has 2 rings (SSSR count). The van der Waals surface area contributed by atoms with Crippen molar-refractivity contribution in [3.05, 3.63) is 59.7 Å². The lowest BCUT2D eigenvalue weighted by molar-refractivity contribution is -0.145. The molecule has 3 N–H and O–H groups in total. The Balaban J connectivity index is 1.97. The number of hydrogen-bond donors (Lipinski definition) is 3. The molecular weight excluding hydrogens is 413 g/mol. The Morgan fingerprint density at radius 1 is 1.00 bits per heavy atom. The highest BCUT2D eigenvalue weighted by molar-refractivity contribution is 6.58. The van der Waals surface area contributed by atoms with Gasteiger partial charge in [-0.05, 0) is 56.4 Å². The van der Waals surface area contributed by atoms with E-state index in [9.17, 15) is 9.59 Å². The number of carbonyl (C=O) groups is 2. The van der Waals surface area contributed by atoms with Crippen molar-refractivity contribution in [2.75, 3.05) is 6.61 Å². The van der Waals surface area contributed by atoms with Gasteiger partial charge >= 0.3 is 19.2 Å². The molecule has 2 aromatic rings. The van der Waals surface area contributed by atoms with Crippen molar-refractivity contribution < 1.29 is 33.8 Å². The van der Waals surface area contributed by atoms with E-state index in [-0.39, 0.29) is 13.0 Å². The molecule has 0 bridgehead atoms. The summed E-state index contributed by atoms with van der Waals surface area (Å²) in [6.45, 7) is 7.45. The van der Waals surface area contributed by atoms with E-state index in [1.165, 1.54) is 0 Å². The minimum atomic E-state index is -1.50. The Morgan fingerprint density at radius 2 is 1.59 bits per heavy atom. The number of carbonyl (C=O) groups excluding carboxylic acids is 2. The van der Waals surface area contributed by atoms with E-state index < -0.39 is 30.8 Å². The van der Waals surface area contributed by atoms with Crippen LogP contribution in [0.15, 0.2) is 48.5 Å². The summed E-state index contributed by atoms with van der Waals surface area (Å²) in [7, 11) is -1.50. The number of esters is 1. The highest BCUT2D eigenvalue weighted by Crippen LogP contribution is 2.16. The molecule has 0 radical (unpaired) electrons. The van der Waals surface area contributed by atoms with Gasteiger partial charge in [-0.2, -0.15) is 0 Å². The van der Waals surface area contributed by atoms with Gasteiger partial charge in [-0.25, -0.2) is 9.59 Å². The molecule has 0 aromatic heterocycles. The number of nitrogens with one attached hydrogen (secondary N) is 1. The molecule has 0 saturated carbocycles. The smallest absolute Gasteiger partial charge is 0.488 e. The van der Waals surface area contributed by atoms with Crippen LogP contribution in [0, 0.1) is 0 Å². The van der Waals surface area contributed by atoms with Crippen molar-refractivity contribution in [3.8, 4) is 5.75 Å². The predicted octanol–water partition coefficient (Wildman–Crippen LogP) is 1.94. The van der Waals surface area contributed by atoms with Crippen LogP contribution in [0.25, 0.3) is 0 Å². The van der Waals surface area contributed by atoms with Crippen molar-refractivity contribution in [2.24, 2.45) is 0 Å². The standard InChI is InChI=1S/C23H30BNO7/c1-5-30-21(26)20(25-22(27)32-23(2,3)4)14-16-8-12-19(13-9-16)31-15-17-6-10-18(11-7-17)24(28)29/h6-13,20,28-29H,5,14-15H2,1-4H3,(H,25,27)/t20-/m0/s1. The molecular formula is C23H30BNO7. The average molecular weight is 443 g/mol. The average Bonchev–Trinajstić information content (AvgIpc) is 2.72. The molecule has 0 heterocycles. The second kappa shape index (κ2) is 11.5. The van der Waals surface area contributed by atoms with E-state index in [1.54, 1.807) is 64.1 Å². The molecule has 32 heavy (non-hydrogen) atoms. The zero-order valence-corrected chi connectivity index (χ0v) is 18.8. The van der Waals surface area contributed by atoms with Crippen LogP contribution in [-0.2, 0) is 27.3 Å². The highest BCUT2D eigenvalue weighted by Gasteiger charge is 2.25. The Bertz CT molecular complexity index is 877. The zero-order chi connectivity index (χ0) is 23.7.